The van der Waals surface area contributed by atoms with E-state index >= 15 is 0 Å². The van der Waals surface area contributed by atoms with Crippen LogP contribution in [-0.2, 0) is 4.74 Å². The van der Waals surface area contributed by atoms with Gasteiger partial charge in [0.1, 0.15) is 0 Å². The average molecular weight is 171 g/mol. The van der Waals surface area contributed by atoms with E-state index in [1.165, 1.54) is 32.1 Å². The molecular formula is C10H21NO. The third-order valence-corrected chi connectivity index (χ3v) is 2.43. The van der Waals surface area contributed by atoms with Gasteiger partial charge in [-0.25, -0.2) is 0 Å². The van der Waals surface area contributed by atoms with Crippen molar-refractivity contribution < 1.29 is 4.74 Å². The molecule has 0 saturated heterocycles. The summed E-state index contributed by atoms with van der Waals surface area (Å²) in [5.41, 5.74) is 5.87. The first-order chi connectivity index (χ1) is 5.84. The van der Waals surface area contributed by atoms with Gasteiger partial charge in [0.15, 0.2) is 0 Å². The van der Waals surface area contributed by atoms with E-state index in [0.717, 1.165) is 19.1 Å². The summed E-state index contributed by atoms with van der Waals surface area (Å²) in [6.07, 6.45) is 6.36. The second-order valence-electron chi connectivity index (χ2n) is 3.78. The zero-order chi connectivity index (χ0) is 8.81. The van der Waals surface area contributed by atoms with Gasteiger partial charge in [0.05, 0.1) is 6.61 Å². The van der Waals surface area contributed by atoms with Gasteiger partial charge >= 0.3 is 0 Å². The second kappa shape index (κ2) is 5.55. The maximum absolute atomic E-state index is 5.87. The Balaban J connectivity index is 1.81. The van der Waals surface area contributed by atoms with Crippen LogP contribution in [0.3, 0.4) is 0 Å². The molecule has 0 aromatic rings. The van der Waals surface area contributed by atoms with E-state index in [1.807, 2.05) is 0 Å². The summed E-state index contributed by atoms with van der Waals surface area (Å²) in [6, 6.07) is 0.312. The molecule has 0 heterocycles. The van der Waals surface area contributed by atoms with Crippen LogP contribution in [0.15, 0.2) is 0 Å². The Morgan fingerprint density at radius 2 is 2.17 bits per heavy atom. The number of rotatable bonds is 7. The van der Waals surface area contributed by atoms with Gasteiger partial charge in [-0.2, -0.15) is 0 Å². The number of unbranched alkanes of at least 4 members (excludes halogenated alkanes) is 2. The van der Waals surface area contributed by atoms with Crippen molar-refractivity contribution in [2.24, 2.45) is 11.7 Å². The molecule has 12 heavy (non-hydrogen) atoms. The lowest BCUT2D eigenvalue weighted by molar-refractivity contribution is 0.112. The minimum Gasteiger partial charge on any atom is -0.380 e. The van der Waals surface area contributed by atoms with Crippen LogP contribution in [-0.4, -0.2) is 19.3 Å². The fraction of sp³-hybridized carbons (Fsp3) is 1.00. The minimum atomic E-state index is 0.312. The zero-order valence-corrected chi connectivity index (χ0v) is 8.09. The van der Waals surface area contributed by atoms with E-state index < -0.39 is 0 Å². The standard InChI is InChI=1S/C10H21NO/c1-2-3-4-7-12-8-10(11)9-5-6-9/h9-10H,2-8,11H2,1H3. The number of ether oxygens (including phenoxy) is 1. The second-order valence-corrected chi connectivity index (χ2v) is 3.78. The molecule has 1 saturated carbocycles. The topological polar surface area (TPSA) is 35.2 Å². The monoisotopic (exact) mass is 171 g/mol. The fourth-order valence-corrected chi connectivity index (χ4v) is 1.33. The first kappa shape index (κ1) is 10.0. The van der Waals surface area contributed by atoms with Crippen molar-refractivity contribution in [1.29, 1.82) is 0 Å². The SMILES string of the molecule is CCCCCOCC(N)C1CC1. The van der Waals surface area contributed by atoms with E-state index in [1.54, 1.807) is 0 Å². The largest absolute Gasteiger partial charge is 0.380 e. The van der Waals surface area contributed by atoms with Crippen LogP contribution >= 0.6 is 0 Å². The average Bonchev–Trinajstić information content (AvgIpc) is 2.86. The maximum atomic E-state index is 5.87. The van der Waals surface area contributed by atoms with Gasteiger partial charge in [-0.05, 0) is 25.2 Å². The Kier molecular flexibility index (Phi) is 4.62. The minimum absolute atomic E-state index is 0.312. The molecule has 1 fully saturated rings. The molecule has 0 aromatic carbocycles. The lowest BCUT2D eigenvalue weighted by atomic mass is 10.2. The molecule has 0 bridgehead atoms. The zero-order valence-electron chi connectivity index (χ0n) is 8.09. The van der Waals surface area contributed by atoms with Gasteiger partial charge < -0.3 is 10.5 Å². The van der Waals surface area contributed by atoms with Gasteiger partial charge in [-0.15, -0.1) is 0 Å². The predicted molar refractivity (Wildman–Crippen MR) is 51.0 cm³/mol. The summed E-state index contributed by atoms with van der Waals surface area (Å²) in [5.74, 6) is 0.774. The smallest absolute Gasteiger partial charge is 0.0620 e. The Labute approximate surface area is 75.5 Å². The Morgan fingerprint density at radius 1 is 1.42 bits per heavy atom. The van der Waals surface area contributed by atoms with Gasteiger partial charge in [0.25, 0.3) is 0 Å². The van der Waals surface area contributed by atoms with Crippen LogP contribution in [0, 0.1) is 5.92 Å². The molecule has 0 amide bonds. The third kappa shape index (κ3) is 4.07. The fourth-order valence-electron chi connectivity index (χ4n) is 1.33. The van der Waals surface area contributed by atoms with Crippen LogP contribution in [0.1, 0.15) is 39.0 Å². The lowest BCUT2D eigenvalue weighted by Gasteiger charge is -2.10. The van der Waals surface area contributed by atoms with Crippen molar-refractivity contribution in [1.82, 2.24) is 0 Å². The van der Waals surface area contributed by atoms with Gasteiger partial charge in [0, 0.05) is 12.6 Å². The highest BCUT2D eigenvalue weighted by Gasteiger charge is 2.28. The highest BCUT2D eigenvalue weighted by atomic mass is 16.5. The Bertz CT molecular complexity index is 112. The first-order valence-corrected chi connectivity index (χ1v) is 5.18. The molecule has 1 atom stereocenters. The van der Waals surface area contributed by atoms with Crippen LogP contribution in [0.5, 0.6) is 0 Å². The molecule has 72 valence electrons. The van der Waals surface area contributed by atoms with Crippen molar-refractivity contribution in [2.45, 2.75) is 45.1 Å². The maximum Gasteiger partial charge on any atom is 0.0620 e. The molecule has 0 aromatic heterocycles. The summed E-state index contributed by atoms with van der Waals surface area (Å²) in [6.45, 7) is 3.87. The first-order valence-electron chi connectivity index (χ1n) is 5.18. The number of hydrogen-bond donors (Lipinski definition) is 1. The van der Waals surface area contributed by atoms with Gasteiger partial charge in [-0.3, -0.25) is 0 Å². The number of hydrogen-bond acceptors (Lipinski definition) is 2. The molecule has 0 aliphatic heterocycles. The molecule has 0 radical (unpaired) electrons. The molecule has 1 aliphatic rings. The van der Waals surface area contributed by atoms with E-state index in [0.29, 0.717) is 6.04 Å². The summed E-state index contributed by atoms with van der Waals surface area (Å²) in [4.78, 5) is 0. The Morgan fingerprint density at radius 3 is 2.75 bits per heavy atom. The summed E-state index contributed by atoms with van der Waals surface area (Å²) < 4.78 is 5.47. The molecule has 1 rings (SSSR count). The van der Waals surface area contributed by atoms with E-state index in [4.69, 9.17) is 10.5 Å². The molecule has 1 aliphatic carbocycles. The van der Waals surface area contributed by atoms with Crippen molar-refractivity contribution in [3.05, 3.63) is 0 Å². The number of nitrogens with two attached hydrogens (primary N) is 1. The normalized spacial score (nSPS) is 19.5. The lowest BCUT2D eigenvalue weighted by Crippen LogP contribution is -2.28. The van der Waals surface area contributed by atoms with Crippen LogP contribution < -0.4 is 5.73 Å². The summed E-state index contributed by atoms with van der Waals surface area (Å²) in [5, 5.41) is 0. The third-order valence-electron chi connectivity index (χ3n) is 2.43. The molecule has 2 heteroatoms. The molecular weight excluding hydrogens is 150 g/mol. The predicted octanol–water partition coefficient (Wildman–Crippen LogP) is 1.93. The van der Waals surface area contributed by atoms with Crippen molar-refractivity contribution >= 4 is 0 Å². The molecule has 1 unspecified atom stereocenters. The summed E-state index contributed by atoms with van der Waals surface area (Å²) in [7, 11) is 0. The van der Waals surface area contributed by atoms with Crippen molar-refractivity contribution in [3.8, 4) is 0 Å². The van der Waals surface area contributed by atoms with Crippen molar-refractivity contribution in [3.63, 3.8) is 0 Å². The van der Waals surface area contributed by atoms with E-state index in [2.05, 4.69) is 6.92 Å². The van der Waals surface area contributed by atoms with Crippen LogP contribution in [0.25, 0.3) is 0 Å². The Hall–Kier alpha value is -0.0800. The van der Waals surface area contributed by atoms with E-state index in [9.17, 15) is 0 Å². The van der Waals surface area contributed by atoms with Gasteiger partial charge in [0.2, 0.25) is 0 Å². The molecule has 2 N–H and O–H groups in total. The quantitative estimate of drug-likeness (QED) is 0.594. The van der Waals surface area contributed by atoms with Crippen LogP contribution in [0.4, 0.5) is 0 Å². The summed E-state index contributed by atoms with van der Waals surface area (Å²) >= 11 is 0. The molecule has 2 nitrogen and oxygen atoms in total. The van der Waals surface area contributed by atoms with E-state index in [-0.39, 0.29) is 0 Å². The van der Waals surface area contributed by atoms with Crippen LogP contribution in [0.2, 0.25) is 0 Å². The van der Waals surface area contributed by atoms with Gasteiger partial charge in [-0.1, -0.05) is 19.8 Å². The van der Waals surface area contributed by atoms with Crippen molar-refractivity contribution in [2.75, 3.05) is 13.2 Å². The highest BCUT2D eigenvalue weighted by molar-refractivity contribution is 4.83. The highest BCUT2D eigenvalue weighted by Crippen LogP contribution is 2.31. The molecule has 0 spiro atoms.